The minimum absolute atomic E-state index is 0.562. The zero-order valence-electron chi connectivity index (χ0n) is 6.89. The fourth-order valence-electron chi connectivity index (χ4n) is 0.757. The quantitative estimate of drug-likeness (QED) is 0.655. The molecule has 0 radical (unpaired) electrons. The van der Waals surface area contributed by atoms with Crippen molar-refractivity contribution in [2.75, 3.05) is 19.3 Å². The third kappa shape index (κ3) is 3.40. The molecule has 1 rings (SSSR count). The average molecular weight is 190 g/mol. The molecule has 0 saturated carbocycles. The predicted molar refractivity (Wildman–Crippen MR) is 54.7 cm³/mol. The van der Waals surface area contributed by atoms with E-state index in [1.807, 2.05) is 30.6 Å². The van der Waals surface area contributed by atoms with Crippen LogP contribution in [0, 0.1) is 0 Å². The summed E-state index contributed by atoms with van der Waals surface area (Å²) in [5.74, 6) is 1.16. The van der Waals surface area contributed by atoms with Crippen molar-refractivity contribution >= 4 is 23.5 Å². The van der Waals surface area contributed by atoms with Crippen LogP contribution in [0.25, 0.3) is 0 Å². The average Bonchev–Trinajstić information content (AvgIpc) is 2.37. The summed E-state index contributed by atoms with van der Waals surface area (Å²) in [6, 6.07) is 0. The van der Waals surface area contributed by atoms with Gasteiger partial charge in [-0.1, -0.05) is 11.8 Å². The van der Waals surface area contributed by atoms with Crippen molar-refractivity contribution in [3.8, 4) is 0 Å². The van der Waals surface area contributed by atoms with Gasteiger partial charge < -0.3 is 10.6 Å². The molecule has 1 heterocycles. The van der Waals surface area contributed by atoms with Gasteiger partial charge in [0.05, 0.1) is 9.61 Å². The molecule has 0 saturated heterocycles. The van der Waals surface area contributed by atoms with Gasteiger partial charge >= 0.3 is 0 Å². The number of hydrogen-bond donors (Lipinski definition) is 2. The van der Waals surface area contributed by atoms with Crippen LogP contribution < -0.4 is 10.6 Å². The standard InChI is InChI=1S/C7H14N2S2/c1-6-9-5-7(11-6)10-4-3-8-2/h5-6,8-9H,3-4H2,1-2H3. The Labute approximate surface area is 76.6 Å². The predicted octanol–water partition coefficient (Wildman–Crippen LogP) is 1.42. The molecular formula is C7H14N2S2. The monoisotopic (exact) mass is 190 g/mol. The van der Waals surface area contributed by atoms with Crippen molar-refractivity contribution in [2.45, 2.75) is 12.3 Å². The van der Waals surface area contributed by atoms with E-state index in [1.165, 1.54) is 4.24 Å². The van der Waals surface area contributed by atoms with Crippen molar-refractivity contribution in [3.05, 3.63) is 10.4 Å². The van der Waals surface area contributed by atoms with E-state index in [2.05, 4.69) is 23.8 Å². The molecule has 0 aliphatic carbocycles. The summed E-state index contributed by atoms with van der Waals surface area (Å²) in [5, 5.41) is 6.94. The number of nitrogens with one attached hydrogen (secondary N) is 2. The summed E-state index contributed by atoms with van der Waals surface area (Å²) < 4.78 is 1.41. The van der Waals surface area contributed by atoms with Crippen LogP contribution >= 0.6 is 23.5 Å². The van der Waals surface area contributed by atoms with Crippen LogP contribution in [0.5, 0.6) is 0 Å². The molecule has 1 unspecified atom stereocenters. The van der Waals surface area contributed by atoms with E-state index in [4.69, 9.17) is 0 Å². The van der Waals surface area contributed by atoms with Crippen molar-refractivity contribution in [1.29, 1.82) is 0 Å². The van der Waals surface area contributed by atoms with Gasteiger partial charge in [-0.2, -0.15) is 0 Å². The third-order valence-electron chi connectivity index (χ3n) is 1.33. The van der Waals surface area contributed by atoms with Gasteiger partial charge in [-0.15, -0.1) is 11.8 Å². The van der Waals surface area contributed by atoms with Crippen LogP contribution in [0.15, 0.2) is 10.4 Å². The summed E-state index contributed by atoms with van der Waals surface area (Å²) in [5.41, 5.74) is 0. The fraction of sp³-hybridized carbons (Fsp3) is 0.714. The molecule has 4 heteroatoms. The van der Waals surface area contributed by atoms with Crippen LogP contribution in [-0.4, -0.2) is 24.7 Å². The van der Waals surface area contributed by atoms with E-state index in [9.17, 15) is 0 Å². The lowest BCUT2D eigenvalue weighted by Crippen LogP contribution is -2.09. The maximum atomic E-state index is 3.26. The second kappa shape index (κ2) is 4.95. The first-order chi connectivity index (χ1) is 5.33. The summed E-state index contributed by atoms with van der Waals surface area (Å²) in [6.45, 7) is 3.25. The van der Waals surface area contributed by atoms with Crippen molar-refractivity contribution in [3.63, 3.8) is 0 Å². The van der Waals surface area contributed by atoms with Crippen LogP contribution in [0.4, 0.5) is 0 Å². The molecule has 64 valence electrons. The SMILES string of the molecule is CNCCSC1=CNC(C)S1. The molecule has 0 aromatic heterocycles. The summed E-state index contributed by atoms with van der Waals surface area (Å²) in [4.78, 5) is 0. The number of rotatable bonds is 4. The number of thioether (sulfide) groups is 2. The van der Waals surface area contributed by atoms with Crippen LogP contribution in [-0.2, 0) is 0 Å². The normalized spacial score (nSPS) is 23.1. The molecule has 2 N–H and O–H groups in total. The van der Waals surface area contributed by atoms with Crippen molar-refractivity contribution in [1.82, 2.24) is 10.6 Å². The molecule has 1 atom stereocenters. The zero-order chi connectivity index (χ0) is 8.10. The van der Waals surface area contributed by atoms with Gasteiger partial charge in [0.15, 0.2) is 0 Å². The molecule has 0 spiro atoms. The Balaban J connectivity index is 2.08. The fourth-order valence-corrected chi connectivity index (χ4v) is 2.99. The topological polar surface area (TPSA) is 24.1 Å². The molecule has 0 aromatic carbocycles. The second-order valence-electron chi connectivity index (χ2n) is 2.34. The Morgan fingerprint density at radius 1 is 1.82 bits per heavy atom. The Morgan fingerprint density at radius 2 is 2.64 bits per heavy atom. The van der Waals surface area contributed by atoms with Crippen molar-refractivity contribution < 1.29 is 0 Å². The van der Waals surface area contributed by atoms with Crippen LogP contribution in [0.2, 0.25) is 0 Å². The van der Waals surface area contributed by atoms with E-state index in [-0.39, 0.29) is 0 Å². The second-order valence-corrected chi connectivity index (χ2v) is 5.12. The van der Waals surface area contributed by atoms with Gasteiger partial charge in [0.1, 0.15) is 0 Å². The maximum Gasteiger partial charge on any atom is 0.0741 e. The maximum absolute atomic E-state index is 3.26. The van der Waals surface area contributed by atoms with Gasteiger partial charge in [0, 0.05) is 18.5 Å². The molecule has 0 amide bonds. The van der Waals surface area contributed by atoms with Crippen LogP contribution in [0.3, 0.4) is 0 Å². The molecule has 1 aliphatic heterocycles. The smallest absolute Gasteiger partial charge is 0.0741 e. The highest BCUT2D eigenvalue weighted by Crippen LogP contribution is 2.33. The van der Waals surface area contributed by atoms with Crippen molar-refractivity contribution in [2.24, 2.45) is 0 Å². The van der Waals surface area contributed by atoms with E-state index in [0.717, 1.165) is 12.3 Å². The van der Waals surface area contributed by atoms with Gasteiger partial charge in [0.25, 0.3) is 0 Å². The summed E-state index contributed by atoms with van der Waals surface area (Å²) >= 11 is 3.81. The first kappa shape index (κ1) is 9.29. The molecule has 0 fully saturated rings. The molecular weight excluding hydrogens is 176 g/mol. The highest BCUT2D eigenvalue weighted by atomic mass is 32.2. The molecule has 0 aromatic rings. The Kier molecular flexibility index (Phi) is 4.18. The van der Waals surface area contributed by atoms with E-state index in [0.29, 0.717) is 5.37 Å². The Bertz CT molecular complexity index is 147. The van der Waals surface area contributed by atoms with Gasteiger partial charge in [-0.3, -0.25) is 0 Å². The lowest BCUT2D eigenvalue weighted by atomic mass is 10.7. The van der Waals surface area contributed by atoms with E-state index < -0.39 is 0 Å². The van der Waals surface area contributed by atoms with Gasteiger partial charge in [-0.25, -0.2) is 0 Å². The lowest BCUT2D eigenvalue weighted by molar-refractivity contribution is 0.871. The molecule has 11 heavy (non-hydrogen) atoms. The largest absolute Gasteiger partial charge is 0.378 e. The zero-order valence-corrected chi connectivity index (χ0v) is 8.52. The molecule has 0 bridgehead atoms. The minimum Gasteiger partial charge on any atom is -0.378 e. The molecule has 1 aliphatic rings. The highest BCUT2D eigenvalue weighted by molar-refractivity contribution is 8.22. The highest BCUT2D eigenvalue weighted by Gasteiger charge is 2.11. The Hall–Kier alpha value is 0.200. The first-order valence-electron chi connectivity index (χ1n) is 3.73. The van der Waals surface area contributed by atoms with Gasteiger partial charge in [-0.05, 0) is 14.0 Å². The van der Waals surface area contributed by atoms with E-state index in [1.54, 1.807) is 0 Å². The lowest BCUT2D eigenvalue weighted by Gasteiger charge is -2.01. The number of hydrogen-bond acceptors (Lipinski definition) is 4. The summed E-state index contributed by atoms with van der Waals surface area (Å²) in [6.07, 6.45) is 2.11. The van der Waals surface area contributed by atoms with Crippen LogP contribution in [0.1, 0.15) is 6.92 Å². The Morgan fingerprint density at radius 3 is 3.18 bits per heavy atom. The first-order valence-corrected chi connectivity index (χ1v) is 5.59. The van der Waals surface area contributed by atoms with Gasteiger partial charge in [0.2, 0.25) is 0 Å². The van der Waals surface area contributed by atoms with E-state index >= 15 is 0 Å². The summed E-state index contributed by atoms with van der Waals surface area (Å²) in [7, 11) is 1.98. The third-order valence-corrected chi connectivity index (χ3v) is 3.62. The molecule has 2 nitrogen and oxygen atoms in total. The minimum atomic E-state index is 0.562.